The lowest BCUT2D eigenvalue weighted by Gasteiger charge is -2.25. The SMILES string of the molecule is CCCCCN1C(=O)C2(COC3=CCC(Br)C=C32)c2ccccc21. The van der Waals surface area contributed by atoms with Gasteiger partial charge in [-0.3, -0.25) is 4.79 Å². The number of unbranched alkanes of at least 4 members (excludes halogenated alkanes) is 2. The fraction of sp³-hybridized carbons (Fsp3) is 0.450. The molecular formula is C20H22BrNO2. The van der Waals surface area contributed by atoms with E-state index in [1.807, 2.05) is 17.0 Å². The molecule has 2 aliphatic heterocycles. The molecule has 1 aromatic carbocycles. The van der Waals surface area contributed by atoms with E-state index in [1.54, 1.807) is 0 Å². The van der Waals surface area contributed by atoms with Crippen molar-refractivity contribution in [3.05, 3.63) is 53.3 Å². The van der Waals surface area contributed by atoms with E-state index >= 15 is 0 Å². The van der Waals surface area contributed by atoms with Crippen LogP contribution in [0.5, 0.6) is 0 Å². The zero-order valence-electron chi connectivity index (χ0n) is 13.9. The molecule has 1 fully saturated rings. The van der Waals surface area contributed by atoms with Crippen molar-refractivity contribution < 1.29 is 9.53 Å². The molecule has 126 valence electrons. The zero-order valence-corrected chi connectivity index (χ0v) is 15.5. The number of allylic oxidation sites excluding steroid dienone is 3. The van der Waals surface area contributed by atoms with Crippen LogP contribution in [0.4, 0.5) is 5.69 Å². The topological polar surface area (TPSA) is 29.5 Å². The highest BCUT2D eigenvalue weighted by Gasteiger charge is 2.58. The second kappa shape index (κ2) is 6.07. The molecule has 4 rings (SSSR count). The zero-order chi connectivity index (χ0) is 16.7. The van der Waals surface area contributed by atoms with E-state index in [-0.39, 0.29) is 10.7 Å². The Morgan fingerprint density at radius 3 is 3.00 bits per heavy atom. The predicted molar refractivity (Wildman–Crippen MR) is 99.4 cm³/mol. The van der Waals surface area contributed by atoms with Crippen LogP contribution in [-0.2, 0) is 14.9 Å². The Bertz CT molecular complexity index is 739. The molecule has 0 aromatic heterocycles. The van der Waals surface area contributed by atoms with Gasteiger partial charge in [0.2, 0.25) is 5.91 Å². The van der Waals surface area contributed by atoms with Gasteiger partial charge in [-0.2, -0.15) is 0 Å². The Morgan fingerprint density at radius 1 is 1.33 bits per heavy atom. The van der Waals surface area contributed by atoms with Gasteiger partial charge >= 0.3 is 0 Å². The van der Waals surface area contributed by atoms with Crippen LogP contribution in [0.15, 0.2) is 47.7 Å². The van der Waals surface area contributed by atoms with Gasteiger partial charge in [0.15, 0.2) is 0 Å². The summed E-state index contributed by atoms with van der Waals surface area (Å²) >= 11 is 3.68. The lowest BCUT2D eigenvalue weighted by Crippen LogP contribution is -2.42. The fourth-order valence-corrected chi connectivity index (χ4v) is 4.53. The molecule has 1 aliphatic carbocycles. The molecule has 1 amide bonds. The van der Waals surface area contributed by atoms with Crippen molar-refractivity contribution in [2.45, 2.75) is 42.8 Å². The molecule has 0 saturated carbocycles. The first-order chi connectivity index (χ1) is 11.7. The number of fused-ring (bicyclic) bond motifs is 4. The Kier molecular flexibility index (Phi) is 4.03. The van der Waals surface area contributed by atoms with Crippen LogP contribution in [0.1, 0.15) is 38.2 Å². The van der Waals surface area contributed by atoms with Crippen molar-refractivity contribution in [2.75, 3.05) is 18.1 Å². The summed E-state index contributed by atoms with van der Waals surface area (Å²) in [5, 5.41) is 0. The van der Waals surface area contributed by atoms with Crippen molar-refractivity contribution in [2.24, 2.45) is 0 Å². The minimum absolute atomic E-state index is 0.177. The summed E-state index contributed by atoms with van der Waals surface area (Å²) in [4.78, 5) is 15.8. The normalized spacial score (nSPS) is 27.7. The van der Waals surface area contributed by atoms with Gasteiger partial charge in [0.1, 0.15) is 17.8 Å². The third kappa shape index (κ3) is 2.19. The number of carbonyl (C=O) groups is 1. The van der Waals surface area contributed by atoms with Crippen LogP contribution in [-0.4, -0.2) is 23.9 Å². The van der Waals surface area contributed by atoms with Gasteiger partial charge in [-0.1, -0.05) is 60.0 Å². The lowest BCUT2D eigenvalue weighted by molar-refractivity contribution is -0.122. The maximum Gasteiger partial charge on any atom is 0.245 e. The molecule has 1 spiro atoms. The molecule has 2 unspecified atom stereocenters. The number of hydrogen-bond donors (Lipinski definition) is 0. The van der Waals surface area contributed by atoms with Gasteiger partial charge in [0.05, 0.1) is 0 Å². The number of ether oxygens (including phenoxy) is 1. The Labute approximate surface area is 151 Å². The van der Waals surface area contributed by atoms with Gasteiger partial charge in [-0.15, -0.1) is 0 Å². The molecule has 4 heteroatoms. The second-order valence-electron chi connectivity index (χ2n) is 6.78. The highest BCUT2D eigenvalue weighted by molar-refractivity contribution is 9.09. The average molecular weight is 388 g/mol. The first kappa shape index (κ1) is 15.9. The largest absolute Gasteiger partial charge is 0.492 e. The van der Waals surface area contributed by atoms with Gasteiger partial charge in [-0.25, -0.2) is 0 Å². The number of carbonyl (C=O) groups excluding carboxylic acids is 1. The number of anilines is 1. The molecular weight excluding hydrogens is 366 g/mol. The maximum absolute atomic E-state index is 13.5. The summed E-state index contributed by atoms with van der Waals surface area (Å²) in [7, 11) is 0. The Balaban J connectivity index is 1.79. The van der Waals surface area contributed by atoms with Crippen LogP contribution >= 0.6 is 15.9 Å². The molecule has 3 aliphatic rings. The van der Waals surface area contributed by atoms with E-state index < -0.39 is 5.41 Å². The molecule has 0 bridgehead atoms. The fourth-order valence-electron chi connectivity index (χ4n) is 4.08. The average Bonchev–Trinajstić information content (AvgIpc) is 3.08. The summed E-state index contributed by atoms with van der Waals surface area (Å²) in [5.74, 6) is 1.07. The molecule has 3 nitrogen and oxygen atoms in total. The first-order valence-electron chi connectivity index (χ1n) is 8.79. The third-order valence-electron chi connectivity index (χ3n) is 5.30. The monoisotopic (exact) mass is 387 g/mol. The Morgan fingerprint density at radius 2 is 2.17 bits per heavy atom. The molecule has 24 heavy (non-hydrogen) atoms. The van der Waals surface area contributed by atoms with Crippen LogP contribution < -0.4 is 4.90 Å². The molecule has 1 aromatic rings. The standard InChI is InChI=1S/C20H22BrNO2/c1-2-3-6-11-22-17-8-5-4-7-15(17)20(19(22)23)13-24-18-10-9-14(21)12-16(18)20/h4-5,7-8,10,12,14H,2-3,6,9,11,13H2,1H3. The minimum Gasteiger partial charge on any atom is -0.492 e. The Hall–Kier alpha value is -1.55. The minimum atomic E-state index is -0.652. The van der Waals surface area contributed by atoms with E-state index in [0.29, 0.717) is 6.61 Å². The van der Waals surface area contributed by atoms with Crippen LogP contribution in [0.25, 0.3) is 0 Å². The molecule has 2 atom stereocenters. The van der Waals surface area contributed by atoms with Crippen molar-refractivity contribution in [1.82, 2.24) is 0 Å². The number of amides is 1. The second-order valence-corrected chi connectivity index (χ2v) is 7.95. The third-order valence-corrected chi connectivity index (χ3v) is 5.93. The number of benzene rings is 1. The van der Waals surface area contributed by atoms with Crippen LogP contribution in [0.2, 0.25) is 0 Å². The molecule has 1 saturated heterocycles. The summed E-state index contributed by atoms with van der Waals surface area (Å²) in [6, 6.07) is 8.22. The van der Waals surface area contributed by atoms with Gasteiger partial charge in [0.25, 0.3) is 0 Å². The van der Waals surface area contributed by atoms with E-state index in [9.17, 15) is 4.79 Å². The summed E-state index contributed by atoms with van der Waals surface area (Å²) < 4.78 is 5.97. The number of hydrogen-bond acceptors (Lipinski definition) is 2. The smallest absolute Gasteiger partial charge is 0.245 e. The highest BCUT2D eigenvalue weighted by Crippen LogP contribution is 2.53. The number of nitrogens with zero attached hydrogens (tertiary/aromatic N) is 1. The number of halogens is 1. The van der Waals surface area contributed by atoms with Gasteiger partial charge in [-0.05, 0) is 30.5 Å². The van der Waals surface area contributed by atoms with E-state index in [1.165, 1.54) is 0 Å². The summed E-state index contributed by atoms with van der Waals surface area (Å²) in [6.07, 6.45) is 8.53. The van der Waals surface area contributed by atoms with Gasteiger partial charge < -0.3 is 9.64 Å². The highest BCUT2D eigenvalue weighted by atomic mass is 79.9. The first-order valence-corrected chi connectivity index (χ1v) is 9.71. The maximum atomic E-state index is 13.5. The number of rotatable bonds is 4. The molecule has 2 heterocycles. The predicted octanol–water partition coefficient (Wildman–Crippen LogP) is 4.47. The molecule has 0 radical (unpaired) electrons. The van der Waals surface area contributed by atoms with E-state index in [2.05, 4.69) is 47.1 Å². The van der Waals surface area contributed by atoms with Crippen LogP contribution in [0.3, 0.4) is 0 Å². The van der Waals surface area contributed by atoms with E-state index in [4.69, 9.17) is 4.74 Å². The molecule has 0 N–H and O–H groups in total. The summed E-state index contributed by atoms with van der Waals surface area (Å²) in [5.41, 5.74) is 2.55. The summed E-state index contributed by atoms with van der Waals surface area (Å²) in [6.45, 7) is 3.39. The van der Waals surface area contributed by atoms with E-state index in [0.717, 1.165) is 54.8 Å². The number of alkyl halides is 1. The quantitative estimate of drug-likeness (QED) is 0.563. The van der Waals surface area contributed by atoms with Crippen molar-refractivity contribution in [3.8, 4) is 0 Å². The lowest BCUT2D eigenvalue weighted by atomic mass is 9.75. The van der Waals surface area contributed by atoms with Crippen molar-refractivity contribution in [3.63, 3.8) is 0 Å². The number of para-hydroxylation sites is 1. The van der Waals surface area contributed by atoms with Crippen molar-refractivity contribution in [1.29, 1.82) is 0 Å². The van der Waals surface area contributed by atoms with Crippen LogP contribution in [0, 0.1) is 0 Å². The van der Waals surface area contributed by atoms with Crippen molar-refractivity contribution >= 4 is 27.5 Å². The van der Waals surface area contributed by atoms with Gasteiger partial charge in [0, 0.05) is 22.6 Å².